The van der Waals surface area contributed by atoms with Crippen molar-refractivity contribution in [2.75, 3.05) is 11.9 Å². The van der Waals surface area contributed by atoms with Crippen molar-refractivity contribution in [2.24, 2.45) is 0 Å². The molecule has 1 heterocycles. The molecule has 1 aromatic heterocycles. The fraction of sp³-hybridized carbons (Fsp3) is 0.214. The molecule has 0 spiro atoms. The lowest BCUT2D eigenvalue weighted by Gasteiger charge is -2.03. The van der Waals surface area contributed by atoms with E-state index < -0.39 is 5.82 Å². The number of ether oxygens (including phenoxy) is 1. The summed E-state index contributed by atoms with van der Waals surface area (Å²) in [6, 6.07) is 5.91. The first-order valence-corrected chi connectivity index (χ1v) is 7.07. The van der Waals surface area contributed by atoms with Crippen LogP contribution >= 0.6 is 11.3 Å². The molecule has 0 aliphatic heterocycles. The Balaban J connectivity index is 2.06. The van der Waals surface area contributed by atoms with Gasteiger partial charge in [0.1, 0.15) is 11.9 Å². The van der Waals surface area contributed by atoms with Crippen molar-refractivity contribution in [2.45, 2.75) is 13.3 Å². The number of nitrogens with zero attached hydrogens (tertiary/aromatic N) is 2. The van der Waals surface area contributed by atoms with E-state index in [0.717, 1.165) is 0 Å². The predicted octanol–water partition coefficient (Wildman–Crippen LogP) is 3.00. The molecule has 0 unspecified atom stereocenters. The molecule has 0 atom stereocenters. The number of nitrogens with one attached hydrogen (secondary N) is 1. The van der Waals surface area contributed by atoms with Crippen molar-refractivity contribution in [3.63, 3.8) is 0 Å². The van der Waals surface area contributed by atoms with Crippen molar-refractivity contribution in [3.8, 4) is 6.07 Å². The molecule has 0 saturated heterocycles. The maximum absolute atomic E-state index is 13.2. The highest BCUT2D eigenvalue weighted by Gasteiger charge is 2.09. The quantitative estimate of drug-likeness (QED) is 0.859. The second kappa shape index (κ2) is 6.81. The summed E-state index contributed by atoms with van der Waals surface area (Å²) in [5.74, 6) is -0.895. The summed E-state index contributed by atoms with van der Waals surface area (Å²) in [5, 5.41) is 14.1. The van der Waals surface area contributed by atoms with Crippen molar-refractivity contribution in [1.29, 1.82) is 5.26 Å². The number of esters is 1. The number of carbonyl (C=O) groups is 1. The van der Waals surface area contributed by atoms with Crippen LogP contribution in [0.1, 0.15) is 18.2 Å². The minimum Gasteiger partial charge on any atom is -0.466 e. The Labute approximate surface area is 125 Å². The third-order valence-corrected chi connectivity index (χ3v) is 3.33. The zero-order chi connectivity index (χ0) is 15.2. The van der Waals surface area contributed by atoms with Crippen molar-refractivity contribution >= 4 is 28.1 Å². The lowest BCUT2D eigenvalue weighted by atomic mass is 10.2. The molecule has 1 aromatic carbocycles. The van der Waals surface area contributed by atoms with Gasteiger partial charge in [-0.15, -0.1) is 11.3 Å². The molecule has 0 fully saturated rings. The molecular formula is C14H12FN3O2S. The van der Waals surface area contributed by atoms with Crippen LogP contribution in [0.2, 0.25) is 0 Å². The van der Waals surface area contributed by atoms with Gasteiger partial charge in [0.25, 0.3) is 0 Å². The molecule has 0 saturated carbocycles. The van der Waals surface area contributed by atoms with Crippen LogP contribution in [0, 0.1) is 17.1 Å². The van der Waals surface area contributed by atoms with Crippen molar-refractivity contribution in [3.05, 3.63) is 40.7 Å². The van der Waals surface area contributed by atoms with Crippen LogP contribution in [0.5, 0.6) is 0 Å². The molecule has 0 aliphatic carbocycles. The molecule has 0 aliphatic rings. The number of anilines is 2. The Bertz CT molecular complexity index is 694. The van der Waals surface area contributed by atoms with Gasteiger partial charge in [0.05, 0.1) is 24.3 Å². The Morgan fingerprint density at radius 3 is 3.10 bits per heavy atom. The van der Waals surface area contributed by atoms with Crippen molar-refractivity contribution < 1.29 is 13.9 Å². The van der Waals surface area contributed by atoms with E-state index in [0.29, 0.717) is 23.1 Å². The maximum Gasteiger partial charge on any atom is 0.311 e. The number of aromatic nitrogens is 1. The van der Waals surface area contributed by atoms with Gasteiger partial charge >= 0.3 is 5.97 Å². The number of hydrogen-bond donors (Lipinski definition) is 1. The van der Waals surface area contributed by atoms with E-state index in [1.54, 1.807) is 18.4 Å². The summed E-state index contributed by atoms with van der Waals surface area (Å²) in [5.41, 5.74) is 1.12. The molecule has 108 valence electrons. The van der Waals surface area contributed by atoms with Crippen LogP contribution in [-0.2, 0) is 16.0 Å². The van der Waals surface area contributed by atoms with E-state index in [1.165, 1.54) is 29.5 Å². The highest BCUT2D eigenvalue weighted by molar-refractivity contribution is 7.13. The highest BCUT2D eigenvalue weighted by Crippen LogP contribution is 2.22. The van der Waals surface area contributed by atoms with Crippen LogP contribution in [0.3, 0.4) is 0 Å². The van der Waals surface area contributed by atoms with Gasteiger partial charge in [-0.1, -0.05) is 0 Å². The number of nitriles is 1. The predicted molar refractivity (Wildman–Crippen MR) is 76.8 cm³/mol. The lowest BCUT2D eigenvalue weighted by Crippen LogP contribution is -2.07. The number of halogens is 1. The number of hydrogen-bond acceptors (Lipinski definition) is 6. The van der Waals surface area contributed by atoms with E-state index in [-0.39, 0.29) is 18.0 Å². The second-order valence-corrected chi connectivity index (χ2v) is 4.92. The van der Waals surface area contributed by atoms with E-state index in [9.17, 15) is 9.18 Å². The van der Waals surface area contributed by atoms with E-state index >= 15 is 0 Å². The minimum atomic E-state index is -0.565. The van der Waals surface area contributed by atoms with E-state index in [4.69, 9.17) is 10.00 Å². The molecule has 5 nitrogen and oxygen atoms in total. The van der Waals surface area contributed by atoms with Gasteiger partial charge in [-0.25, -0.2) is 9.37 Å². The first-order valence-electron chi connectivity index (χ1n) is 6.19. The molecule has 2 aromatic rings. The maximum atomic E-state index is 13.2. The average molecular weight is 305 g/mol. The first-order chi connectivity index (χ1) is 10.1. The number of rotatable bonds is 5. The molecule has 0 bridgehead atoms. The van der Waals surface area contributed by atoms with E-state index in [2.05, 4.69) is 10.3 Å². The zero-order valence-electron chi connectivity index (χ0n) is 11.2. The summed E-state index contributed by atoms with van der Waals surface area (Å²) < 4.78 is 18.1. The monoisotopic (exact) mass is 305 g/mol. The Morgan fingerprint density at radius 2 is 2.38 bits per heavy atom. The molecule has 7 heteroatoms. The largest absolute Gasteiger partial charge is 0.466 e. The van der Waals surface area contributed by atoms with Crippen molar-refractivity contribution in [1.82, 2.24) is 4.98 Å². The summed E-state index contributed by atoms with van der Waals surface area (Å²) in [4.78, 5) is 15.6. The zero-order valence-corrected chi connectivity index (χ0v) is 12.0. The Kier molecular flexibility index (Phi) is 4.85. The lowest BCUT2D eigenvalue weighted by molar-refractivity contribution is -0.142. The summed E-state index contributed by atoms with van der Waals surface area (Å²) in [7, 11) is 0. The Morgan fingerprint density at radius 1 is 1.57 bits per heavy atom. The van der Waals surface area contributed by atoms with Gasteiger partial charge in [-0.3, -0.25) is 4.79 Å². The van der Waals surface area contributed by atoms with Gasteiger partial charge < -0.3 is 10.1 Å². The van der Waals surface area contributed by atoms with Gasteiger partial charge in [0.2, 0.25) is 0 Å². The third-order valence-electron chi connectivity index (χ3n) is 2.52. The summed E-state index contributed by atoms with van der Waals surface area (Å²) in [6.07, 6.45) is 0.110. The summed E-state index contributed by atoms with van der Waals surface area (Å²) in [6.45, 7) is 2.08. The SMILES string of the molecule is CCOC(=O)Cc1csc(Nc2ccc(F)c(C#N)c2)n1. The van der Waals surface area contributed by atoms with Gasteiger partial charge in [-0.2, -0.15) is 5.26 Å². The fourth-order valence-electron chi connectivity index (χ4n) is 1.62. The third kappa shape index (κ3) is 4.00. The molecule has 0 radical (unpaired) electrons. The first kappa shape index (κ1) is 14.9. The molecular weight excluding hydrogens is 293 g/mol. The van der Waals surface area contributed by atoms with Crippen LogP contribution in [0.4, 0.5) is 15.2 Å². The normalized spacial score (nSPS) is 9.95. The van der Waals surface area contributed by atoms with Gasteiger partial charge in [0.15, 0.2) is 5.13 Å². The molecule has 0 amide bonds. The standard InChI is InChI=1S/C14H12FN3O2S/c1-2-20-13(19)6-11-8-21-14(18-11)17-10-3-4-12(15)9(5-10)7-16/h3-5,8H,2,6H2,1H3,(H,17,18). The Hall–Kier alpha value is -2.46. The number of thiazole rings is 1. The molecule has 21 heavy (non-hydrogen) atoms. The minimum absolute atomic E-state index is 0.0386. The fourth-order valence-corrected chi connectivity index (χ4v) is 2.35. The van der Waals surface area contributed by atoms with Crippen LogP contribution in [0.25, 0.3) is 0 Å². The molecule has 2 rings (SSSR count). The number of benzene rings is 1. The van der Waals surface area contributed by atoms with Crippen LogP contribution in [0.15, 0.2) is 23.6 Å². The topological polar surface area (TPSA) is 75.0 Å². The molecule has 1 N–H and O–H groups in total. The smallest absolute Gasteiger partial charge is 0.311 e. The number of carbonyl (C=O) groups excluding carboxylic acids is 1. The van der Waals surface area contributed by atoms with Crippen LogP contribution < -0.4 is 5.32 Å². The van der Waals surface area contributed by atoms with E-state index in [1.807, 2.05) is 0 Å². The summed E-state index contributed by atoms with van der Waals surface area (Å²) >= 11 is 1.32. The second-order valence-electron chi connectivity index (χ2n) is 4.06. The van der Waals surface area contributed by atoms with Gasteiger partial charge in [0, 0.05) is 11.1 Å². The van der Waals surface area contributed by atoms with Gasteiger partial charge in [-0.05, 0) is 25.1 Å². The van der Waals surface area contributed by atoms with Crippen LogP contribution in [-0.4, -0.2) is 17.6 Å². The average Bonchev–Trinajstić information content (AvgIpc) is 2.88. The highest BCUT2D eigenvalue weighted by atomic mass is 32.1.